The van der Waals surface area contributed by atoms with Crippen molar-refractivity contribution in [2.24, 2.45) is 0 Å². The first-order valence-electron chi connectivity index (χ1n) is 12.7. The number of carbonyl (C=O) groups excluding carboxylic acids is 1. The number of rotatable bonds is 5. The number of ether oxygens (including phenoxy) is 1. The monoisotopic (exact) mass is 565 g/mol. The Balaban J connectivity index is 1.49. The molecule has 3 aromatic carbocycles. The predicted octanol–water partition coefficient (Wildman–Crippen LogP) is 5.54. The number of nitrogens with zero attached hydrogens (tertiary/aromatic N) is 2. The van der Waals surface area contributed by atoms with Gasteiger partial charge in [0.2, 0.25) is 0 Å². The molecule has 1 unspecified atom stereocenters. The molecule has 1 aliphatic heterocycles. The fourth-order valence-electron chi connectivity index (χ4n) is 4.63. The van der Waals surface area contributed by atoms with Crippen molar-refractivity contribution in [3.05, 3.63) is 82.0 Å². The highest BCUT2D eigenvalue weighted by Gasteiger charge is 2.38. The fourth-order valence-corrected chi connectivity index (χ4v) is 7.17. The third-order valence-corrected chi connectivity index (χ3v) is 9.43. The molecule has 0 radical (unpaired) electrons. The van der Waals surface area contributed by atoms with E-state index in [4.69, 9.17) is 4.74 Å². The van der Waals surface area contributed by atoms with Crippen molar-refractivity contribution in [2.75, 3.05) is 16.2 Å². The standard InChI is InChI=1S/C29H31N3O5S2/c1-18(2)32-22-13-12-20(16-26(22)38-28(32)34)30-27(33)25-17-31(39(35,36)21-9-7-6-8-10-21)23-15-19(29(3,4)5)11-14-24(23)37-25/h6-16,18,25H,17H2,1-5H3,(H,30,33). The summed E-state index contributed by atoms with van der Waals surface area (Å²) < 4.78 is 37.4. The van der Waals surface area contributed by atoms with Crippen molar-refractivity contribution in [3.63, 3.8) is 0 Å². The van der Waals surface area contributed by atoms with Crippen molar-refractivity contribution >= 4 is 48.9 Å². The molecule has 1 amide bonds. The highest BCUT2D eigenvalue weighted by Crippen LogP contribution is 2.40. The van der Waals surface area contributed by atoms with Crippen LogP contribution in [-0.4, -0.2) is 31.5 Å². The molecule has 39 heavy (non-hydrogen) atoms. The smallest absolute Gasteiger partial charge is 0.308 e. The summed E-state index contributed by atoms with van der Waals surface area (Å²) in [5.74, 6) is -0.166. The van der Waals surface area contributed by atoms with Gasteiger partial charge in [0.05, 0.1) is 27.3 Å². The molecule has 0 aliphatic carbocycles. The van der Waals surface area contributed by atoms with Crippen LogP contribution in [0.4, 0.5) is 11.4 Å². The molecule has 0 bridgehead atoms. The van der Waals surface area contributed by atoms with Crippen LogP contribution >= 0.6 is 11.3 Å². The second kappa shape index (κ2) is 9.84. The molecule has 1 aliphatic rings. The fraction of sp³-hybridized carbons (Fsp3) is 0.310. The lowest BCUT2D eigenvalue weighted by Gasteiger charge is -2.36. The summed E-state index contributed by atoms with van der Waals surface area (Å²) in [6, 6.07) is 18.9. The molecule has 8 nitrogen and oxygen atoms in total. The summed E-state index contributed by atoms with van der Waals surface area (Å²) in [6.45, 7) is 9.85. The van der Waals surface area contributed by atoms with Gasteiger partial charge >= 0.3 is 4.87 Å². The summed E-state index contributed by atoms with van der Waals surface area (Å²) in [6.07, 6.45) is -1.09. The van der Waals surface area contributed by atoms with Crippen LogP contribution in [-0.2, 0) is 20.2 Å². The average Bonchev–Trinajstić information content (AvgIpc) is 3.22. The predicted molar refractivity (Wildman–Crippen MR) is 156 cm³/mol. The Kier molecular flexibility index (Phi) is 6.80. The van der Waals surface area contributed by atoms with Gasteiger partial charge in [0.25, 0.3) is 15.9 Å². The van der Waals surface area contributed by atoms with Crippen LogP contribution in [0.2, 0.25) is 0 Å². The van der Waals surface area contributed by atoms with Gasteiger partial charge < -0.3 is 10.1 Å². The van der Waals surface area contributed by atoms with Gasteiger partial charge in [-0.1, -0.05) is 56.4 Å². The summed E-state index contributed by atoms with van der Waals surface area (Å²) in [5.41, 5.74) is 2.43. The van der Waals surface area contributed by atoms with Crippen molar-refractivity contribution < 1.29 is 17.9 Å². The number of amides is 1. The molecule has 10 heteroatoms. The van der Waals surface area contributed by atoms with Gasteiger partial charge in [-0.15, -0.1) is 0 Å². The number of fused-ring (bicyclic) bond motifs is 2. The summed E-state index contributed by atoms with van der Waals surface area (Å²) >= 11 is 1.12. The molecule has 1 N–H and O–H groups in total. The molecule has 1 aromatic heterocycles. The Morgan fingerprint density at radius 1 is 1.05 bits per heavy atom. The minimum Gasteiger partial charge on any atom is -0.476 e. The van der Waals surface area contributed by atoms with E-state index in [0.29, 0.717) is 17.1 Å². The Labute approximate surface area is 231 Å². The van der Waals surface area contributed by atoms with Gasteiger partial charge in [-0.2, -0.15) is 0 Å². The molecule has 0 fully saturated rings. The normalized spacial score (nSPS) is 15.7. The van der Waals surface area contributed by atoms with Gasteiger partial charge in [0.15, 0.2) is 6.10 Å². The number of hydrogen-bond acceptors (Lipinski definition) is 6. The van der Waals surface area contributed by atoms with Crippen LogP contribution in [0.3, 0.4) is 0 Å². The van der Waals surface area contributed by atoms with E-state index in [1.54, 1.807) is 47.0 Å². The lowest BCUT2D eigenvalue weighted by atomic mass is 9.86. The number of carbonyl (C=O) groups is 1. The van der Waals surface area contributed by atoms with E-state index in [9.17, 15) is 18.0 Å². The number of aromatic nitrogens is 1. The summed E-state index contributed by atoms with van der Waals surface area (Å²) in [7, 11) is -3.98. The summed E-state index contributed by atoms with van der Waals surface area (Å²) in [5, 5.41) is 2.85. The van der Waals surface area contributed by atoms with E-state index in [0.717, 1.165) is 27.1 Å². The van der Waals surface area contributed by atoms with Crippen molar-refractivity contribution in [1.82, 2.24) is 4.57 Å². The zero-order valence-corrected chi connectivity index (χ0v) is 24.1. The molecular weight excluding hydrogens is 534 g/mol. The van der Waals surface area contributed by atoms with Crippen LogP contribution in [0.5, 0.6) is 5.75 Å². The number of anilines is 2. The lowest BCUT2D eigenvalue weighted by molar-refractivity contribution is -0.122. The van der Waals surface area contributed by atoms with E-state index in [1.807, 2.05) is 46.8 Å². The van der Waals surface area contributed by atoms with E-state index in [2.05, 4.69) is 5.32 Å². The van der Waals surface area contributed by atoms with Crippen LogP contribution in [0.25, 0.3) is 10.2 Å². The Bertz CT molecular complexity index is 1720. The molecule has 0 saturated carbocycles. The van der Waals surface area contributed by atoms with E-state index in [-0.39, 0.29) is 27.8 Å². The molecule has 1 atom stereocenters. The topological polar surface area (TPSA) is 97.7 Å². The van der Waals surface area contributed by atoms with Gasteiger partial charge in [0, 0.05) is 11.7 Å². The van der Waals surface area contributed by atoms with Gasteiger partial charge in [-0.3, -0.25) is 18.5 Å². The largest absolute Gasteiger partial charge is 0.476 e. The van der Waals surface area contributed by atoms with Crippen molar-refractivity contribution in [1.29, 1.82) is 0 Å². The van der Waals surface area contributed by atoms with Crippen LogP contribution in [0.15, 0.2) is 76.4 Å². The highest BCUT2D eigenvalue weighted by molar-refractivity contribution is 7.92. The van der Waals surface area contributed by atoms with Gasteiger partial charge in [-0.05, 0) is 67.3 Å². The van der Waals surface area contributed by atoms with E-state index in [1.165, 1.54) is 16.4 Å². The quantitative estimate of drug-likeness (QED) is 0.343. The lowest BCUT2D eigenvalue weighted by Crippen LogP contribution is -2.49. The number of hydrogen-bond donors (Lipinski definition) is 1. The molecule has 2 heterocycles. The number of nitrogens with one attached hydrogen (secondary N) is 1. The SMILES string of the molecule is CC(C)n1c(=O)sc2cc(NC(=O)C3CN(S(=O)(=O)c4ccccc4)c4cc(C(C)(C)C)ccc4O3)ccc21. The number of benzene rings is 3. The molecule has 0 spiro atoms. The Morgan fingerprint density at radius 2 is 1.77 bits per heavy atom. The first kappa shape index (κ1) is 27.0. The second-order valence-electron chi connectivity index (χ2n) is 10.9. The van der Waals surface area contributed by atoms with Gasteiger partial charge in [0.1, 0.15) is 5.75 Å². The zero-order chi connectivity index (χ0) is 28.1. The minimum atomic E-state index is -3.98. The average molecular weight is 566 g/mol. The molecule has 5 rings (SSSR count). The molecule has 204 valence electrons. The van der Waals surface area contributed by atoms with E-state index >= 15 is 0 Å². The van der Waals surface area contributed by atoms with Crippen LogP contribution < -0.4 is 19.2 Å². The molecule has 4 aromatic rings. The third kappa shape index (κ3) is 5.06. The molecular formula is C29H31N3O5S2. The Morgan fingerprint density at radius 3 is 2.44 bits per heavy atom. The first-order chi connectivity index (χ1) is 18.4. The summed E-state index contributed by atoms with van der Waals surface area (Å²) in [4.78, 5) is 25.9. The first-order valence-corrected chi connectivity index (χ1v) is 15.0. The van der Waals surface area contributed by atoms with Crippen molar-refractivity contribution in [2.45, 2.75) is 57.1 Å². The number of thiazole rings is 1. The zero-order valence-electron chi connectivity index (χ0n) is 22.5. The maximum absolute atomic E-state index is 13.8. The highest BCUT2D eigenvalue weighted by atomic mass is 32.2. The van der Waals surface area contributed by atoms with Crippen molar-refractivity contribution in [3.8, 4) is 5.75 Å². The second-order valence-corrected chi connectivity index (χ2v) is 13.7. The third-order valence-electron chi connectivity index (χ3n) is 6.72. The minimum absolute atomic E-state index is 0.0127. The molecule has 0 saturated heterocycles. The van der Waals surface area contributed by atoms with Gasteiger partial charge in [-0.25, -0.2) is 8.42 Å². The van der Waals surface area contributed by atoms with Crippen LogP contribution in [0, 0.1) is 0 Å². The maximum Gasteiger partial charge on any atom is 0.308 e. The maximum atomic E-state index is 13.8. The number of sulfonamides is 1. The van der Waals surface area contributed by atoms with Crippen LogP contribution in [0.1, 0.15) is 46.2 Å². The Hall–Kier alpha value is -3.63. The van der Waals surface area contributed by atoms with E-state index < -0.39 is 22.0 Å².